The molecule has 1 aromatic heterocycles. The fourth-order valence-corrected chi connectivity index (χ4v) is 2.97. The standard InChI is InChI=1S/C21H26N4O3/c1-21(2,3)28-20(27)22-17(13-15-9-5-4-6-10-15)19(26)14-25-18-12-8-7-11-16(18)23-24-25/h4-12,17,19,26H,13-14H2,1-3H3,(H,22,27)/t17-,19+/m1/s1. The van der Waals surface area contributed by atoms with Crippen molar-refractivity contribution in [3.05, 3.63) is 60.2 Å². The van der Waals surface area contributed by atoms with Crippen LogP contribution in [0.25, 0.3) is 11.0 Å². The number of fused-ring (bicyclic) bond motifs is 1. The largest absolute Gasteiger partial charge is 0.444 e. The lowest BCUT2D eigenvalue weighted by Gasteiger charge is -2.27. The number of hydrogen-bond donors (Lipinski definition) is 2. The molecule has 0 aliphatic rings. The summed E-state index contributed by atoms with van der Waals surface area (Å²) < 4.78 is 7.01. The van der Waals surface area contributed by atoms with Crippen molar-refractivity contribution in [2.75, 3.05) is 0 Å². The van der Waals surface area contributed by atoms with Gasteiger partial charge >= 0.3 is 6.09 Å². The molecule has 148 valence electrons. The summed E-state index contributed by atoms with van der Waals surface area (Å²) >= 11 is 0. The number of aliphatic hydroxyl groups is 1. The Bertz CT molecular complexity index is 918. The predicted molar refractivity (Wildman–Crippen MR) is 107 cm³/mol. The van der Waals surface area contributed by atoms with Gasteiger partial charge in [-0.1, -0.05) is 47.7 Å². The number of ether oxygens (including phenoxy) is 1. The molecule has 0 spiro atoms. The van der Waals surface area contributed by atoms with Gasteiger partial charge in [-0.2, -0.15) is 0 Å². The van der Waals surface area contributed by atoms with E-state index in [0.717, 1.165) is 16.6 Å². The lowest BCUT2D eigenvalue weighted by molar-refractivity contribution is 0.0400. The molecule has 1 amide bonds. The number of aliphatic hydroxyl groups excluding tert-OH is 1. The van der Waals surface area contributed by atoms with Crippen LogP contribution in [-0.4, -0.2) is 43.9 Å². The molecule has 0 aliphatic carbocycles. The van der Waals surface area contributed by atoms with Crippen molar-refractivity contribution >= 4 is 17.1 Å². The maximum absolute atomic E-state index is 12.3. The predicted octanol–water partition coefficient (Wildman–Crippen LogP) is 2.93. The highest BCUT2D eigenvalue weighted by Gasteiger charge is 2.26. The normalized spacial score (nSPS) is 13.9. The molecule has 0 aliphatic heterocycles. The Morgan fingerprint density at radius 1 is 1.14 bits per heavy atom. The van der Waals surface area contributed by atoms with Crippen LogP contribution in [0.15, 0.2) is 54.6 Å². The van der Waals surface area contributed by atoms with E-state index >= 15 is 0 Å². The van der Waals surface area contributed by atoms with Gasteiger partial charge in [-0.15, -0.1) is 5.10 Å². The van der Waals surface area contributed by atoms with Gasteiger partial charge in [0.25, 0.3) is 0 Å². The molecule has 0 unspecified atom stereocenters. The number of benzene rings is 2. The monoisotopic (exact) mass is 382 g/mol. The Morgan fingerprint density at radius 3 is 2.54 bits per heavy atom. The maximum atomic E-state index is 12.3. The van der Waals surface area contributed by atoms with Gasteiger partial charge < -0.3 is 15.2 Å². The summed E-state index contributed by atoms with van der Waals surface area (Å²) in [5, 5.41) is 21.9. The fraction of sp³-hybridized carbons (Fsp3) is 0.381. The first kappa shape index (κ1) is 19.8. The Kier molecular flexibility index (Phi) is 5.94. The minimum Gasteiger partial charge on any atom is -0.444 e. The van der Waals surface area contributed by atoms with Crippen molar-refractivity contribution in [2.24, 2.45) is 0 Å². The molecule has 3 rings (SSSR count). The van der Waals surface area contributed by atoms with Crippen molar-refractivity contribution in [2.45, 2.75) is 51.5 Å². The number of rotatable bonds is 6. The van der Waals surface area contributed by atoms with Crippen LogP contribution in [0.3, 0.4) is 0 Å². The number of alkyl carbamates (subject to hydrolysis) is 1. The van der Waals surface area contributed by atoms with Gasteiger partial charge in [-0.25, -0.2) is 9.48 Å². The van der Waals surface area contributed by atoms with E-state index in [-0.39, 0.29) is 6.54 Å². The molecule has 0 saturated carbocycles. The number of carbonyl (C=O) groups excluding carboxylic acids is 1. The lowest BCUT2D eigenvalue weighted by atomic mass is 10.0. The molecule has 7 heteroatoms. The van der Waals surface area contributed by atoms with Crippen LogP contribution in [0.5, 0.6) is 0 Å². The quantitative estimate of drug-likeness (QED) is 0.684. The smallest absolute Gasteiger partial charge is 0.407 e. The van der Waals surface area contributed by atoms with E-state index in [1.807, 2.05) is 54.6 Å². The lowest BCUT2D eigenvalue weighted by Crippen LogP contribution is -2.48. The highest BCUT2D eigenvalue weighted by molar-refractivity contribution is 5.73. The zero-order valence-electron chi connectivity index (χ0n) is 16.4. The summed E-state index contributed by atoms with van der Waals surface area (Å²) in [6.45, 7) is 5.61. The fourth-order valence-electron chi connectivity index (χ4n) is 2.97. The third-order valence-electron chi connectivity index (χ3n) is 4.25. The summed E-state index contributed by atoms with van der Waals surface area (Å²) in [6.07, 6.45) is -0.970. The molecular formula is C21H26N4O3. The average Bonchev–Trinajstić information content (AvgIpc) is 3.03. The van der Waals surface area contributed by atoms with Crippen molar-refractivity contribution in [1.29, 1.82) is 0 Å². The van der Waals surface area contributed by atoms with Crippen LogP contribution in [0.1, 0.15) is 26.3 Å². The van der Waals surface area contributed by atoms with E-state index in [1.54, 1.807) is 25.5 Å². The third-order valence-corrected chi connectivity index (χ3v) is 4.25. The summed E-state index contributed by atoms with van der Waals surface area (Å²) in [4.78, 5) is 12.3. The average molecular weight is 382 g/mol. The summed E-state index contributed by atoms with van der Waals surface area (Å²) in [5.74, 6) is 0. The number of hydrogen-bond acceptors (Lipinski definition) is 5. The molecule has 28 heavy (non-hydrogen) atoms. The number of amides is 1. The second-order valence-electron chi connectivity index (χ2n) is 7.77. The van der Waals surface area contributed by atoms with Gasteiger partial charge in [0, 0.05) is 0 Å². The summed E-state index contributed by atoms with van der Waals surface area (Å²) in [7, 11) is 0. The highest BCUT2D eigenvalue weighted by Crippen LogP contribution is 2.14. The van der Waals surface area contributed by atoms with E-state index in [2.05, 4.69) is 15.6 Å². The van der Waals surface area contributed by atoms with Crippen LogP contribution in [-0.2, 0) is 17.7 Å². The number of nitrogens with one attached hydrogen (secondary N) is 1. The Labute approximate surface area is 164 Å². The highest BCUT2D eigenvalue weighted by atomic mass is 16.6. The van der Waals surface area contributed by atoms with E-state index in [0.29, 0.717) is 6.42 Å². The number of carbonyl (C=O) groups is 1. The first-order chi connectivity index (χ1) is 13.3. The zero-order valence-corrected chi connectivity index (χ0v) is 16.4. The molecule has 2 N–H and O–H groups in total. The van der Waals surface area contributed by atoms with E-state index in [4.69, 9.17) is 4.74 Å². The molecule has 0 radical (unpaired) electrons. The zero-order chi connectivity index (χ0) is 20.1. The first-order valence-corrected chi connectivity index (χ1v) is 9.31. The Morgan fingerprint density at radius 2 is 1.82 bits per heavy atom. The van der Waals surface area contributed by atoms with Crippen LogP contribution < -0.4 is 5.32 Å². The molecule has 0 saturated heterocycles. The Hall–Kier alpha value is -2.93. The number of aromatic nitrogens is 3. The number of para-hydroxylation sites is 1. The van der Waals surface area contributed by atoms with Crippen molar-refractivity contribution in [1.82, 2.24) is 20.3 Å². The van der Waals surface area contributed by atoms with E-state index in [9.17, 15) is 9.90 Å². The molecular weight excluding hydrogens is 356 g/mol. The van der Waals surface area contributed by atoms with Gasteiger partial charge in [0.05, 0.1) is 24.2 Å². The molecule has 3 aromatic rings. The maximum Gasteiger partial charge on any atom is 0.407 e. The topological polar surface area (TPSA) is 89.3 Å². The second-order valence-corrected chi connectivity index (χ2v) is 7.77. The first-order valence-electron chi connectivity index (χ1n) is 9.31. The molecule has 1 heterocycles. The van der Waals surface area contributed by atoms with Crippen molar-refractivity contribution in [3.63, 3.8) is 0 Å². The van der Waals surface area contributed by atoms with Crippen molar-refractivity contribution < 1.29 is 14.6 Å². The minimum atomic E-state index is -0.877. The van der Waals surface area contributed by atoms with Crippen LogP contribution in [0.2, 0.25) is 0 Å². The van der Waals surface area contributed by atoms with Crippen molar-refractivity contribution in [3.8, 4) is 0 Å². The number of nitrogens with zero attached hydrogens (tertiary/aromatic N) is 3. The molecule has 0 fully saturated rings. The second kappa shape index (κ2) is 8.39. The van der Waals surface area contributed by atoms with Crippen LogP contribution >= 0.6 is 0 Å². The molecule has 7 nitrogen and oxygen atoms in total. The molecule has 2 atom stereocenters. The van der Waals surface area contributed by atoms with Gasteiger partial charge in [-0.05, 0) is 44.9 Å². The molecule has 2 aromatic carbocycles. The Balaban J connectivity index is 1.77. The summed E-state index contributed by atoms with van der Waals surface area (Å²) in [5.41, 5.74) is 1.98. The van der Waals surface area contributed by atoms with Gasteiger partial charge in [-0.3, -0.25) is 0 Å². The van der Waals surface area contributed by atoms with Gasteiger partial charge in [0.1, 0.15) is 11.1 Å². The SMILES string of the molecule is CC(C)(C)OC(=O)N[C@H](Cc1ccccc1)[C@@H](O)Cn1nnc2ccccc21. The minimum absolute atomic E-state index is 0.202. The third kappa shape index (κ3) is 5.29. The van der Waals surface area contributed by atoms with E-state index in [1.165, 1.54) is 0 Å². The van der Waals surface area contributed by atoms with Gasteiger partial charge in [0.2, 0.25) is 0 Å². The summed E-state index contributed by atoms with van der Waals surface area (Å²) in [6, 6.07) is 16.7. The van der Waals surface area contributed by atoms with Crippen LogP contribution in [0.4, 0.5) is 4.79 Å². The van der Waals surface area contributed by atoms with Crippen LogP contribution in [0, 0.1) is 0 Å². The van der Waals surface area contributed by atoms with E-state index < -0.39 is 23.8 Å². The molecule has 0 bridgehead atoms. The van der Waals surface area contributed by atoms with Gasteiger partial charge in [0.15, 0.2) is 0 Å².